The number of hydrogen-bond acceptors (Lipinski definition) is 6. The van der Waals surface area contributed by atoms with Crippen LogP contribution in [0.3, 0.4) is 0 Å². The number of benzene rings is 5. The van der Waals surface area contributed by atoms with Crippen molar-refractivity contribution in [3.05, 3.63) is 119 Å². The number of halogens is 1. The molecule has 0 aliphatic carbocycles. The average Bonchev–Trinajstić information content (AvgIpc) is 2.94. The second-order valence-corrected chi connectivity index (χ2v) is 8.94. The second kappa shape index (κ2) is 11.0. The highest BCUT2D eigenvalue weighted by Crippen LogP contribution is 2.38. The van der Waals surface area contributed by atoms with Gasteiger partial charge in [0.25, 0.3) is 11.8 Å². The summed E-state index contributed by atoms with van der Waals surface area (Å²) in [6.07, 6.45) is 0. The number of amides is 2. The lowest BCUT2D eigenvalue weighted by molar-refractivity contribution is 0.101. The van der Waals surface area contributed by atoms with Crippen LogP contribution in [0.5, 0.6) is 11.5 Å². The molecule has 5 rings (SSSR count). The summed E-state index contributed by atoms with van der Waals surface area (Å²) in [5, 5.41) is 35.7. The Hall–Kier alpha value is -5.21. The van der Waals surface area contributed by atoms with E-state index in [2.05, 4.69) is 20.9 Å². The molecular weight excluding hydrogens is 516 g/mol. The van der Waals surface area contributed by atoms with Crippen molar-refractivity contribution in [2.75, 3.05) is 10.6 Å². The van der Waals surface area contributed by atoms with Crippen LogP contribution in [0, 0.1) is 0 Å². The molecule has 9 heteroatoms. The summed E-state index contributed by atoms with van der Waals surface area (Å²) in [7, 11) is 0. The standard InChI is InChI=1S/C30H21ClN4O4/c31-25-16-21(36)13-14-26(25)34-35-27-17-24(28(37)23-12-5-4-11-22(23)27)30(39)33-20-10-6-9-19(15-20)32-29(38)18-7-2-1-3-8-18/h1-17,36-37H,(H,32,38)(H,33,39). The topological polar surface area (TPSA) is 123 Å². The zero-order valence-corrected chi connectivity index (χ0v) is 21.1. The fraction of sp³-hybridized carbons (Fsp3) is 0. The zero-order valence-electron chi connectivity index (χ0n) is 20.3. The molecule has 0 saturated heterocycles. The minimum atomic E-state index is -0.580. The number of anilines is 2. The predicted octanol–water partition coefficient (Wildman–Crippen LogP) is 7.82. The molecule has 4 N–H and O–H groups in total. The molecule has 2 amide bonds. The van der Waals surface area contributed by atoms with Gasteiger partial charge in [0.2, 0.25) is 0 Å². The summed E-state index contributed by atoms with van der Waals surface area (Å²) in [6.45, 7) is 0. The molecule has 0 fully saturated rings. The number of carbonyl (C=O) groups is 2. The van der Waals surface area contributed by atoms with E-state index in [1.54, 1.807) is 72.8 Å². The van der Waals surface area contributed by atoms with Crippen LogP contribution in [-0.2, 0) is 0 Å². The van der Waals surface area contributed by atoms with Gasteiger partial charge in [-0.25, -0.2) is 0 Å². The molecule has 8 nitrogen and oxygen atoms in total. The van der Waals surface area contributed by atoms with E-state index in [0.717, 1.165) is 0 Å². The van der Waals surface area contributed by atoms with Gasteiger partial charge in [-0.2, -0.15) is 0 Å². The molecule has 0 radical (unpaired) electrons. The number of rotatable bonds is 6. The third-order valence-corrected chi connectivity index (χ3v) is 6.15. The van der Waals surface area contributed by atoms with Gasteiger partial charge in [0.05, 0.1) is 16.3 Å². The molecule has 0 aliphatic rings. The van der Waals surface area contributed by atoms with Crippen molar-refractivity contribution >= 4 is 56.9 Å². The predicted molar refractivity (Wildman–Crippen MR) is 152 cm³/mol. The van der Waals surface area contributed by atoms with Crippen LogP contribution in [0.25, 0.3) is 10.8 Å². The molecule has 39 heavy (non-hydrogen) atoms. The summed E-state index contributed by atoms with van der Waals surface area (Å²) in [5.74, 6) is -1.08. The second-order valence-electron chi connectivity index (χ2n) is 8.53. The Bertz CT molecular complexity index is 1740. The number of nitrogens with zero attached hydrogens (tertiary/aromatic N) is 2. The van der Waals surface area contributed by atoms with Crippen molar-refractivity contribution in [2.45, 2.75) is 0 Å². The van der Waals surface area contributed by atoms with Crippen molar-refractivity contribution in [3.63, 3.8) is 0 Å². The zero-order chi connectivity index (χ0) is 27.4. The van der Waals surface area contributed by atoms with Gasteiger partial charge in [-0.15, -0.1) is 10.2 Å². The molecule has 0 atom stereocenters. The van der Waals surface area contributed by atoms with Crippen LogP contribution in [0.4, 0.5) is 22.7 Å². The highest BCUT2D eigenvalue weighted by Gasteiger charge is 2.18. The normalized spacial score (nSPS) is 11.0. The van der Waals surface area contributed by atoms with Crippen LogP contribution in [0.15, 0.2) is 113 Å². The largest absolute Gasteiger partial charge is 0.508 e. The van der Waals surface area contributed by atoms with Crippen molar-refractivity contribution in [1.82, 2.24) is 0 Å². The molecule has 0 unspecified atom stereocenters. The van der Waals surface area contributed by atoms with Gasteiger partial charge in [-0.3, -0.25) is 9.59 Å². The van der Waals surface area contributed by atoms with Crippen LogP contribution in [-0.4, -0.2) is 22.0 Å². The molecule has 192 valence electrons. The fourth-order valence-corrected chi connectivity index (χ4v) is 4.16. The van der Waals surface area contributed by atoms with E-state index in [-0.39, 0.29) is 28.0 Å². The maximum atomic E-state index is 13.3. The number of fused-ring (bicyclic) bond motifs is 1. The maximum Gasteiger partial charge on any atom is 0.259 e. The lowest BCUT2D eigenvalue weighted by atomic mass is 10.0. The van der Waals surface area contributed by atoms with Crippen molar-refractivity contribution in [1.29, 1.82) is 0 Å². The molecule has 0 aliphatic heterocycles. The fourth-order valence-electron chi connectivity index (χ4n) is 3.95. The molecular formula is C30H21ClN4O4. The van der Waals surface area contributed by atoms with Gasteiger partial charge in [0.15, 0.2) is 0 Å². The Morgan fingerprint density at radius 1 is 0.641 bits per heavy atom. The highest BCUT2D eigenvalue weighted by atomic mass is 35.5. The monoisotopic (exact) mass is 536 g/mol. The summed E-state index contributed by atoms with van der Waals surface area (Å²) >= 11 is 6.15. The molecule has 5 aromatic carbocycles. The summed E-state index contributed by atoms with van der Waals surface area (Å²) in [5.41, 5.74) is 2.05. The van der Waals surface area contributed by atoms with E-state index in [0.29, 0.717) is 39.1 Å². The SMILES string of the molecule is O=C(Nc1cccc(NC(=O)c2cc(N=Nc3ccc(O)cc3Cl)c3ccccc3c2O)c1)c1ccccc1. The van der Waals surface area contributed by atoms with E-state index in [4.69, 9.17) is 11.6 Å². The van der Waals surface area contributed by atoms with Gasteiger partial charge in [-0.1, -0.05) is 60.1 Å². The van der Waals surface area contributed by atoms with Crippen LogP contribution < -0.4 is 10.6 Å². The van der Waals surface area contributed by atoms with Gasteiger partial charge >= 0.3 is 0 Å². The minimum Gasteiger partial charge on any atom is -0.508 e. The molecule has 0 aromatic heterocycles. The Labute approximate surface area is 228 Å². The number of hydrogen-bond donors (Lipinski definition) is 4. The van der Waals surface area contributed by atoms with Crippen LogP contribution in [0.2, 0.25) is 5.02 Å². The number of aromatic hydroxyl groups is 2. The van der Waals surface area contributed by atoms with E-state index >= 15 is 0 Å². The Kier molecular flexibility index (Phi) is 7.20. The number of phenols is 2. The van der Waals surface area contributed by atoms with Gasteiger partial charge in [-0.05, 0) is 48.5 Å². The van der Waals surface area contributed by atoms with E-state index in [1.807, 2.05) is 6.07 Å². The smallest absolute Gasteiger partial charge is 0.259 e. The summed E-state index contributed by atoms with van der Waals surface area (Å²) in [4.78, 5) is 25.8. The first kappa shape index (κ1) is 25.4. The van der Waals surface area contributed by atoms with Crippen molar-refractivity contribution in [3.8, 4) is 11.5 Å². The molecule has 5 aromatic rings. The number of azo groups is 1. The lowest BCUT2D eigenvalue weighted by Crippen LogP contribution is -2.14. The third kappa shape index (κ3) is 5.71. The van der Waals surface area contributed by atoms with Gasteiger partial charge in [0.1, 0.15) is 17.2 Å². The third-order valence-electron chi connectivity index (χ3n) is 5.85. The van der Waals surface area contributed by atoms with E-state index in [1.165, 1.54) is 24.3 Å². The quantitative estimate of drug-likeness (QED) is 0.165. The average molecular weight is 537 g/mol. The number of nitrogens with one attached hydrogen (secondary N) is 2. The highest BCUT2D eigenvalue weighted by molar-refractivity contribution is 6.33. The first-order valence-electron chi connectivity index (χ1n) is 11.8. The molecule has 0 saturated carbocycles. The van der Waals surface area contributed by atoms with Gasteiger partial charge in [0, 0.05) is 33.8 Å². The van der Waals surface area contributed by atoms with Crippen molar-refractivity contribution in [2.24, 2.45) is 10.2 Å². The van der Waals surface area contributed by atoms with Crippen LogP contribution >= 0.6 is 11.6 Å². The molecule has 0 heterocycles. The van der Waals surface area contributed by atoms with E-state index < -0.39 is 5.91 Å². The number of carbonyl (C=O) groups excluding carboxylic acids is 2. The Morgan fingerprint density at radius 3 is 2.00 bits per heavy atom. The minimum absolute atomic E-state index is 0.00306. The maximum absolute atomic E-state index is 13.3. The Morgan fingerprint density at radius 2 is 1.28 bits per heavy atom. The number of phenolic OH excluding ortho intramolecular Hbond substituents is 2. The van der Waals surface area contributed by atoms with Gasteiger partial charge < -0.3 is 20.8 Å². The van der Waals surface area contributed by atoms with E-state index in [9.17, 15) is 19.8 Å². The lowest BCUT2D eigenvalue weighted by Gasteiger charge is -2.12. The molecule has 0 spiro atoms. The first-order chi connectivity index (χ1) is 18.9. The summed E-state index contributed by atoms with van der Waals surface area (Å²) < 4.78 is 0. The molecule has 0 bridgehead atoms. The summed E-state index contributed by atoms with van der Waals surface area (Å²) in [6, 6.07) is 28.1. The van der Waals surface area contributed by atoms with Crippen molar-refractivity contribution < 1.29 is 19.8 Å². The van der Waals surface area contributed by atoms with Crippen LogP contribution in [0.1, 0.15) is 20.7 Å². The first-order valence-corrected chi connectivity index (χ1v) is 12.2. The Balaban J connectivity index is 1.43.